The van der Waals surface area contributed by atoms with Crippen LogP contribution in [0.5, 0.6) is 5.75 Å². The van der Waals surface area contributed by atoms with Crippen molar-refractivity contribution in [3.05, 3.63) is 42.5 Å². The molecule has 0 unspecified atom stereocenters. The van der Waals surface area contributed by atoms with Gasteiger partial charge in [0.15, 0.2) is 0 Å². The van der Waals surface area contributed by atoms with Crippen LogP contribution in [0.4, 0.5) is 0 Å². The minimum absolute atomic E-state index is 0.111. The Labute approximate surface area is 102 Å². The van der Waals surface area contributed by atoms with Crippen molar-refractivity contribution in [3.8, 4) is 5.75 Å². The number of hydrogen-bond donors (Lipinski definition) is 2. The Bertz CT molecular complexity index is 372. The van der Waals surface area contributed by atoms with E-state index in [0.717, 1.165) is 30.7 Å². The molecule has 1 aliphatic carbocycles. The van der Waals surface area contributed by atoms with E-state index in [2.05, 4.69) is 18.0 Å². The maximum Gasteiger partial charge on any atom is 0.124 e. The van der Waals surface area contributed by atoms with Crippen molar-refractivity contribution < 1.29 is 9.84 Å². The van der Waals surface area contributed by atoms with E-state index < -0.39 is 0 Å². The van der Waals surface area contributed by atoms with Gasteiger partial charge >= 0.3 is 0 Å². The van der Waals surface area contributed by atoms with Crippen molar-refractivity contribution in [1.82, 2.24) is 5.32 Å². The molecule has 2 rings (SSSR count). The first-order valence-electron chi connectivity index (χ1n) is 6.02. The highest BCUT2D eigenvalue weighted by Crippen LogP contribution is 2.22. The van der Waals surface area contributed by atoms with Crippen molar-refractivity contribution in [2.24, 2.45) is 0 Å². The second-order valence-electron chi connectivity index (χ2n) is 4.41. The van der Waals surface area contributed by atoms with Gasteiger partial charge < -0.3 is 15.2 Å². The number of aliphatic hydroxyl groups excluding tert-OH is 1. The second kappa shape index (κ2) is 5.84. The van der Waals surface area contributed by atoms with Gasteiger partial charge in [-0.1, -0.05) is 30.9 Å². The van der Waals surface area contributed by atoms with Gasteiger partial charge in [0.2, 0.25) is 0 Å². The zero-order valence-corrected chi connectivity index (χ0v) is 9.93. The summed E-state index contributed by atoms with van der Waals surface area (Å²) in [5.74, 6) is 0.903. The van der Waals surface area contributed by atoms with Gasteiger partial charge in [0, 0.05) is 18.2 Å². The molecule has 0 aromatic heterocycles. The molecule has 1 aliphatic rings. The summed E-state index contributed by atoms with van der Waals surface area (Å²) in [5.41, 5.74) is 1.15. The highest BCUT2D eigenvalue weighted by atomic mass is 16.5. The average molecular weight is 233 g/mol. The fourth-order valence-electron chi connectivity index (χ4n) is 1.95. The smallest absolute Gasteiger partial charge is 0.124 e. The first kappa shape index (κ1) is 12.1. The van der Waals surface area contributed by atoms with Crippen LogP contribution in [0.25, 0.3) is 0 Å². The third kappa shape index (κ3) is 3.32. The second-order valence-corrected chi connectivity index (χ2v) is 4.41. The Morgan fingerprint density at radius 3 is 2.88 bits per heavy atom. The summed E-state index contributed by atoms with van der Waals surface area (Å²) < 4.78 is 5.58. The predicted octanol–water partition coefficient (Wildman–Crippen LogP) is 1.86. The number of aliphatic hydroxyl groups is 1. The minimum Gasteiger partial charge on any atom is -0.489 e. The summed E-state index contributed by atoms with van der Waals surface area (Å²) in [5, 5.41) is 12.6. The Morgan fingerprint density at radius 1 is 1.41 bits per heavy atom. The molecule has 17 heavy (non-hydrogen) atoms. The number of rotatable bonds is 6. The van der Waals surface area contributed by atoms with Gasteiger partial charge in [-0.15, -0.1) is 0 Å². The molecule has 1 aromatic carbocycles. The first-order chi connectivity index (χ1) is 8.29. The number of nitrogens with one attached hydrogen (secondary N) is 1. The maximum absolute atomic E-state index is 9.21. The molecule has 1 aromatic rings. The topological polar surface area (TPSA) is 41.5 Å². The van der Waals surface area contributed by atoms with Crippen LogP contribution < -0.4 is 10.1 Å². The summed E-state index contributed by atoms with van der Waals surface area (Å²) in [6.07, 6.45) is 3.34. The molecule has 0 radical (unpaired) electrons. The predicted molar refractivity (Wildman–Crippen MR) is 68.0 cm³/mol. The molecule has 2 N–H and O–H groups in total. The van der Waals surface area contributed by atoms with Gasteiger partial charge in [-0.2, -0.15) is 0 Å². The lowest BCUT2D eigenvalue weighted by molar-refractivity contribution is 0.0618. The van der Waals surface area contributed by atoms with Crippen LogP contribution in [0.1, 0.15) is 18.4 Å². The fraction of sp³-hybridized carbons (Fsp3) is 0.429. The standard InChI is InChI=1S/C14H19NO2/c1-2-7-17-14-6-4-3-5-11(14)10-15-12-8-13(16)9-12/h2-6,12-13,15-16H,1,7-10H2. The van der Waals surface area contributed by atoms with Crippen LogP contribution in [0.15, 0.2) is 36.9 Å². The Kier molecular flexibility index (Phi) is 4.18. The van der Waals surface area contributed by atoms with Crippen molar-refractivity contribution in [2.75, 3.05) is 6.61 Å². The van der Waals surface area contributed by atoms with E-state index in [1.807, 2.05) is 18.2 Å². The molecule has 0 heterocycles. The third-order valence-electron chi connectivity index (χ3n) is 3.02. The normalized spacial score (nSPS) is 22.9. The lowest BCUT2D eigenvalue weighted by Gasteiger charge is -2.32. The van der Waals surface area contributed by atoms with Crippen LogP contribution >= 0.6 is 0 Å². The van der Waals surface area contributed by atoms with E-state index in [0.29, 0.717) is 12.6 Å². The Balaban J connectivity index is 1.87. The van der Waals surface area contributed by atoms with Gasteiger partial charge in [0.25, 0.3) is 0 Å². The highest BCUT2D eigenvalue weighted by molar-refractivity contribution is 5.33. The summed E-state index contributed by atoms with van der Waals surface area (Å²) >= 11 is 0. The van der Waals surface area contributed by atoms with Gasteiger partial charge in [-0.3, -0.25) is 0 Å². The molecule has 0 saturated heterocycles. The molecule has 3 heteroatoms. The maximum atomic E-state index is 9.21. The van der Waals surface area contributed by atoms with E-state index in [-0.39, 0.29) is 6.10 Å². The molecule has 3 nitrogen and oxygen atoms in total. The zero-order valence-electron chi connectivity index (χ0n) is 9.93. The molecule has 1 saturated carbocycles. The number of para-hydroxylation sites is 1. The van der Waals surface area contributed by atoms with Crippen LogP contribution in [0, 0.1) is 0 Å². The van der Waals surface area contributed by atoms with E-state index in [1.165, 1.54) is 0 Å². The van der Waals surface area contributed by atoms with E-state index >= 15 is 0 Å². The molecule has 0 atom stereocenters. The lowest BCUT2D eigenvalue weighted by atomic mass is 9.89. The molecular formula is C14H19NO2. The summed E-state index contributed by atoms with van der Waals surface area (Å²) in [6.45, 7) is 4.95. The van der Waals surface area contributed by atoms with Gasteiger partial charge in [0.1, 0.15) is 12.4 Å². The fourth-order valence-corrected chi connectivity index (χ4v) is 1.95. The van der Waals surface area contributed by atoms with Crippen LogP contribution in [0.3, 0.4) is 0 Å². The molecule has 92 valence electrons. The quantitative estimate of drug-likeness (QED) is 0.737. The molecular weight excluding hydrogens is 214 g/mol. The summed E-state index contributed by atoms with van der Waals surface area (Å²) in [7, 11) is 0. The van der Waals surface area contributed by atoms with E-state index in [1.54, 1.807) is 6.08 Å². The van der Waals surface area contributed by atoms with E-state index in [4.69, 9.17) is 4.74 Å². The number of benzene rings is 1. The lowest BCUT2D eigenvalue weighted by Crippen LogP contribution is -2.43. The van der Waals surface area contributed by atoms with Crippen LogP contribution in [-0.2, 0) is 6.54 Å². The Morgan fingerprint density at radius 2 is 2.18 bits per heavy atom. The van der Waals surface area contributed by atoms with Crippen molar-refractivity contribution in [3.63, 3.8) is 0 Å². The van der Waals surface area contributed by atoms with E-state index in [9.17, 15) is 5.11 Å². The van der Waals surface area contributed by atoms with Crippen molar-refractivity contribution in [1.29, 1.82) is 0 Å². The van der Waals surface area contributed by atoms with Crippen LogP contribution in [0.2, 0.25) is 0 Å². The van der Waals surface area contributed by atoms with Crippen LogP contribution in [-0.4, -0.2) is 23.9 Å². The van der Waals surface area contributed by atoms with Gasteiger partial charge in [0.05, 0.1) is 6.10 Å². The van der Waals surface area contributed by atoms with Crippen molar-refractivity contribution in [2.45, 2.75) is 31.5 Å². The van der Waals surface area contributed by atoms with Gasteiger partial charge in [-0.05, 0) is 18.9 Å². The summed E-state index contributed by atoms with van der Waals surface area (Å²) in [6, 6.07) is 8.44. The molecule has 0 bridgehead atoms. The molecule has 0 spiro atoms. The number of hydrogen-bond acceptors (Lipinski definition) is 3. The number of ether oxygens (including phenoxy) is 1. The molecule has 0 aliphatic heterocycles. The summed E-state index contributed by atoms with van der Waals surface area (Å²) in [4.78, 5) is 0. The average Bonchev–Trinajstić information content (AvgIpc) is 2.31. The monoisotopic (exact) mass is 233 g/mol. The highest BCUT2D eigenvalue weighted by Gasteiger charge is 2.26. The van der Waals surface area contributed by atoms with Gasteiger partial charge in [-0.25, -0.2) is 0 Å². The zero-order chi connectivity index (χ0) is 12.1. The third-order valence-corrected chi connectivity index (χ3v) is 3.02. The van der Waals surface area contributed by atoms with Crippen molar-refractivity contribution >= 4 is 0 Å². The Hall–Kier alpha value is -1.32. The molecule has 0 amide bonds. The molecule has 1 fully saturated rings. The largest absolute Gasteiger partial charge is 0.489 e. The SMILES string of the molecule is C=CCOc1ccccc1CNC1CC(O)C1. The minimum atomic E-state index is -0.111. The first-order valence-corrected chi connectivity index (χ1v) is 6.02.